The molecule has 17 heavy (non-hydrogen) atoms. The van der Waals surface area contributed by atoms with Crippen LogP contribution in [0.25, 0.3) is 0 Å². The number of benzene rings is 1. The first-order valence-electron chi connectivity index (χ1n) is 5.00. The third-order valence-corrected chi connectivity index (χ3v) is 2.86. The first kappa shape index (κ1) is 14.5. The molecule has 1 aromatic carbocycles. The van der Waals surface area contributed by atoms with Gasteiger partial charge in [-0.15, -0.1) is 0 Å². The van der Waals surface area contributed by atoms with Gasteiger partial charge in [0.2, 0.25) is 0 Å². The fourth-order valence-corrected chi connectivity index (χ4v) is 1.79. The van der Waals surface area contributed by atoms with Crippen LogP contribution in [0, 0.1) is 0 Å². The van der Waals surface area contributed by atoms with Crippen molar-refractivity contribution >= 4 is 15.9 Å². The number of aliphatic hydroxyl groups is 1. The molecule has 0 heterocycles. The van der Waals surface area contributed by atoms with Gasteiger partial charge in [-0.2, -0.15) is 13.2 Å². The molecule has 0 fully saturated rings. The Kier molecular flexibility index (Phi) is 5.42. The Morgan fingerprint density at radius 2 is 2.00 bits per heavy atom. The molecular formula is C11H12BrF3O2. The zero-order chi connectivity index (χ0) is 12.9. The van der Waals surface area contributed by atoms with Gasteiger partial charge in [0.25, 0.3) is 0 Å². The van der Waals surface area contributed by atoms with E-state index >= 15 is 0 Å². The van der Waals surface area contributed by atoms with Crippen LogP contribution < -0.4 is 0 Å². The SMILES string of the molecule is OCCCOCc1c(Br)cccc1C(F)(F)F. The highest BCUT2D eigenvalue weighted by Crippen LogP contribution is 2.35. The van der Waals surface area contributed by atoms with E-state index in [0.29, 0.717) is 10.9 Å². The fraction of sp³-hybridized carbons (Fsp3) is 0.455. The molecule has 6 heteroatoms. The van der Waals surface area contributed by atoms with Gasteiger partial charge in [-0.3, -0.25) is 0 Å². The number of halogens is 4. The molecule has 0 spiro atoms. The molecule has 0 saturated heterocycles. The zero-order valence-corrected chi connectivity index (χ0v) is 10.5. The van der Waals surface area contributed by atoms with Crippen molar-refractivity contribution in [3.8, 4) is 0 Å². The van der Waals surface area contributed by atoms with E-state index in [1.807, 2.05) is 0 Å². The van der Waals surface area contributed by atoms with E-state index < -0.39 is 11.7 Å². The summed E-state index contributed by atoms with van der Waals surface area (Å²) in [6, 6.07) is 3.90. The van der Waals surface area contributed by atoms with Gasteiger partial charge in [0.1, 0.15) is 0 Å². The minimum absolute atomic E-state index is 0.0396. The molecule has 0 aliphatic rings. The van der Waals surface area contributed by atoms with Crippen LogP contribution in [0.3, 0.4) is 0 Å². The van der Waals surface area contributed by atoms with Gasteiger partial charge in [-0.1, -0.05) is 22.0 Å². The van der Waals surface area contributed by atoms with Crippen LogP contribution in [0.1, 0.15) is 17.5 Å². The number of aliphatic hydroxyl groups excluding tert-OH is 1. The molecule has 0 saturated carbocycles. The Morgan fingerprint density at radius 1 is 1.29 bits per heavy atom. The predicted octanol–water partition coefficient (Wildman–Crippen LogP) is 3.37. The Balaban J connectivity index is 2.81. The van der Waals surface area contributed by atoms with Crippen molar-refractivity contribution in [3.63, 3.8) is 0 Å². The van der Waals surface area contributed by atoms with Gasteiger partial charge in [0.15, 0.2) is 0 Å². The molecule has 0 aromatic heterocycles. The van der Waals surface area contributed by atoms with E-state index in [0.717, 1.165) is 6.07 Å². The maximum absolute atomic E-state index is 12.7. The quantitative estimate of drug-likeness (QED) is 0.845. The molecule has 1 N–H and O–H groups in total. The Morgan fingerprint density at radius 3 is 2.59 bits per heavy atom. The van der Waals surface area contributed by atoms with Gasteiger partial charge in [0, 0.05) is 23.2 Å². The maximum Gasteiger partial charge on any atom is 0.416 e. The van der Waals surface area contributed by atoms with Crippen LogP contribution in [0.15, 0.2) is 22.7 Å². The highest BCUT2D eigenvalue weighted by atomic mass is 79.9. The van der Waals surface area contributed by atoms with Crippen LogP contribution >= 0.6 is 15.9 Å². The summed E-state index contributed by atoms with van der Waals surface area (Å²) in [5.41, 5.74) is -0.617. The standard InChI is InChI=1S/C11H12BrF3O2/c12-10-4-1-3-9(11(13,14)15)8(10)7-17-6-2-5-16/h1,3-4,16H,2,5-7H2. The Labute approximate surface area is 106 Å². The van der Waals surface area contributed by atoms with Gasteiger partial charge in [-0.25, -0.2) is 0 Å². The van der Waals surface area contributed by atoms with Crippen molar-refractivity contribution in [2.45, 2.75) is 19.2 Å². The third kappa shape index (κ3) is 4.29. The lowest BCUT2D eigenvalue weighted by molar-refractivity contribution is -0.139. The van der Waals surface area contributed by atoms with Crippen LogP contribution in [-0.2, 0) is 17.5 Å². The first-order chi connectivity index (χ1) is 7.96. The molecule has 0 unspecified atom stereocenters. The molecule has 0 bridgehead atoms. The molecule has 0 radical (unpaired) electrons. The smallest absolute Gasteiger partial charge is 0.396 e. The molecule has 2 nitrogen and oxygen atoms in total. The van der Waals surface area contributed by atoms with E-state index in [1.54, 1.807) is 6.07 Å². The summed E-state index contributed by atoms with van der Waals surface area (Å²) in [6.07, 6.45) is -3.98. The van der Waals surface area contributed by atoms with Crippen molar-refractivity contribution in [2.75, 3.05) is 13.2 Å². The van der Waals surface area contributed by atoms with Crippen LogP contribution in [0.5, 0.6) is 0 Å². The average Bonchev–Trinajstić information content (AvgIpc) is 2.24. The Hall–Kier alpha value is -0.590. The average molecular weight is 313 g/mol. The zero-order valence-electron chi connectivity index (χ0n) is 8.93. The Bertz CT molecular complexity index is 366. The predicted molar refractivity (Wildman–Crippen MR) is 60.5 cm³/mol. The van der Waals surface area contributed by atoms with E-state index in [4.69, 9.17) is 9.84 Å². The lowest BCUT2D eigenvalue weighted by atomic mass is 10.1. The maximum atomic E-state index is 12.7. The lowest BCUT2D eigenvalue weighted by Crippen LogP contribution is -2.11. The summed E-state index contributed by atoms with van der Waals surface area (Å²) < 4.78 is 43.5. The van der Waals surface area contributed by atoms with Crippen molar-refractivity contribution in [3.05, 3.63) is 33.8 Å². The minimum Gasteiger partial charge on any atom is -0.396 e. The molecule has 1 aromatic rings. The van der Waals surface area contributed by atoms with E-state index in [9.17, 15) is 13.2 Å². The van der Waals surface area contributed by atoms with Crippen LogP contribution in [0.4, 0.5) is 13.2 Å². The van der Waals surface area contributed by atoms with E-state index in [-0.39, 0.29) is 25.4 Å². The lowest BCUT2D eigenvalue weighted by Gasteiger charge is -2.14. The molecule has 0 aliphatic carbocycles. The van der Waals surface area contributed by atoms with E-state index in [1.165, 1.54) is 6.07 Å². The summed E-state index contributed by atoms with van der Waals surface area (Å²) in [5.74, 6) is 0. The van der Waals surface area contributed by atoms with Crippen molar-refractivity contribution in [1.29, 1.82) is 0 Å². The summed E-state index contributed by atoms with van der Waals surface area (Å²) >= 11 is 3.08. The van der Waals surface area contributed by atoms with Crippen LogP contribution in [0.2, 0.25) is 0 Å². The van der Waals surface area contributed by atoms with Crippen molar-refractivity contribution in [1.82, 2.24) is 0 Å². The second-order valence-corrected chi connectivity index (χ2v) is 4.25. The molecule has 0 atom stereocenters. The fourth-order valence-electron chi connectivity index (χ4n) is 1.31. The third-order valence-electron chi connectivity index (χ3n) is 2.12. The highest BCUT2D eigenvalue weighted by molar-refractivity contribution is 9.10. The monoisotopic (exact) mass is 312 g/mol. The number of alkyl halides is 3. The van der Waals surface area contributed by atoms with Gasteiger partial charge in [0.05, 0.1) is 12.2 Å². The normalized spacial score (nSPS) is 11.8. The van der Waals surface area contributed by atoms with Crippen molar-refractivity contribution < 1.29 is 23.0 Å². The number of ether oxygens (including phenoxy) is 1. The van der Waals surface area contributed by atoms with Gasteiger partial charge < -0.3 is 9.84 Å². The second kappa shape index (κ2) is 6.37. The first-order valence-corrected chi connectivity index (χ1v) is 5.79. The molecule has 96 valence electrons. The molecule has 1 rings (SSSR count). The topological polar surface area (TPSA) is 29.5 Å². The van der Waals surface area contributed by atoms with E-state index in [2.05, 4.69) is 15.9 Å². The second-order valence-electron chi connectivity index (χ2n) is 3.39. The summed E-state index contributed by atoms with van der Waals surface area (Å²) in [7, 11) is 0. The minimum atomic E-state index is -4.39. The summed E-state index contributed by atoms with van der Waals surface area (Å²) in [5, 5.41) is 8.53. The number of hydrogen-bond donors (Lipinski definition) is 1. The van der Waals surface area contributed by atoms with Gasteiger partial charge >= 0.3 is 6.18 Å². The molecular weight excluding hydrogens is 301 g/mol. The largest absolute Gasteiger partial charge is 0.416 e. The van der Waals surface area contributed by atoms with Crippen molar-refractivity contribution in [2.24, 2.45) is 0 Å². The molecule has 0 aliphatic heterocycles. The number of rotatable bonds is 5. The molecule has 0 amide bonds. The summed E-state index contributed by atoms with van der Waals surface area (Å²) in [6.45, 7) is 0.0630. The number of hydrogen-bond acceptors (Lipinski definition) is 2. The van der Waals surface area contributed by atoms with Gasteiger partial charge in [-0.05, 0) is 18.6 Å². The summed E-state index contributed by atoms with van der Waals surface area (Å²) in [4.78, 5) is 0. The van der Waals surface area contributed by atoms with Crippen LogP contribution in [-0.4, -0.2) is 18.3 Å². The highest BCUT2D eigenvalue weighted by Gasteiger charge is 2.33.